The lowest BCUT2D eigenvalue weighted by molar-refractivity contribution is 0.114. The van der Waals surface area contributed by atoms with Crippen molar-refractivity contribution in [2.45, 2.75) is 25.9 Å². The minimum absolute atomic E-state index is 0.240. The smallest absolute Gasteiger partial charge is 0.0541 e. The minimum atomic E-state index is -0.240. The molecule has 0 heterocycles. The van der Waals surface area contributed by atoms with Crippen LogP contribution in [0, 0.1) is 5.92 Å². The second-order valence-electron chi connectivity index (χ2n) is 4.06. The summed E-state index contributed by atoms with van der Waals surface area (Å²) in [6, 6.07) is 0. The predicted molar refractivity (Wildman–Crippen MR) is 70.5 cm³/mol. The van der Waals surface area contributed by atoms with Gasteiger partial charge in [-0.15, -0.1) is 13.2 Å². The molecule has 3 nitrogen and oxygen atoms in total. The molecule has 0 amide bonds. The van der Waals surface area contributed by atoms with E-state index in [2.05, 4.69) is 23.8 Å². The zero-order chi connectivity index (χ0) is 12.2. The van der Waals surface area contributed by atoms with Gasteiger partial charge in [-0.3, -0.25) is 0 Å². The Kier molecular flexibility index (Phi) is 10.4. The van der Waals surface area contributed by atoms with E-state index < -0.39 is 0 Å². The van der Waals surface area contributed by atoms with Gasteiger partial charge in [0.1, 0.15) is 0 Å². The lowest BCUT2D eigenvalue weighted by atomic mass is 9.96. The zero-order valence-electron chi connectivity index (χ0n) is 10.4. The number of hydrogen-bond acceptors (Lipinski definition) is 3. The van der Waals surface area contributed by atoms with Crippen molar-refractivity contribution >= 4 is 0 Å². The van der Waals surface area contributed by atoms with Gasteiger partial charge in [0, 0.05) is 13.1 Å². The molecule has 0 fully saturated rings. The number of rotatable bonds is 11. The van der Waals surface area contributed by atoms with Crippen LogP contribution in [0.1, 0.15) is 19.8 Å². The van der Waals surface area contributed by atoms with Gasteiger partial charge in [0.25, 0.3) is 0 Å². The molecule has 0 bridgehead atoms. The highest BCUT2D eigenvalue weighted by Crippen LogP contribution is 2.12. The summed E-state index contributed by atoms with van der Waals surface area (Å²) in [6.07, 6.45) is 5.46. The van der Waals surface area contributed by atoms with Crippen molar-refractivity contribution in [1.82, 2.24) is 10.6 Å². The standard InChI is InChI=1S/C13H26N2O/c1-4-8-14-10-6-13(12(3)16)7-11-15-9-5-2/h4-5,12-16H,1-2,6-11H2,3H3. The molecule has 0 radical (unpaired) electrons. The topological polar surface area (TPSA) is 44.3 Å². The fraction of sp³-hybridized carbons (Fsp3) is 0.692. The Hall–Kier alpha value is -0.640. The molecule has 0 aliphatic carbocycles. The molecular weight excluding hydrogens is 200 g/mol. The van der Waals surface area contributed by atoms with Gasteiger partial charge in [-0.2, -0.15) is 0 Å². The van der Waals surface area contributed by atoms with E-state index >= 15 is 0 Å². The van der Waals surface area contributed by atoms with Crippen molar-refractivity contribution in [1.29, 1.82) is 0 Å². The summed E-state index contributed by atoms with van der Waals surface area (Å²) < 4.78 is 0. The third kappa shape index (κ3) is 8.65. The number of aliphatic hydroxyl groups is 1. The maximum Gasteiger partial charge on any atom is 0.0541 e. The van der Waals surface area contributed by atoms with Gasteiger partial charge in [-0.05, 0) is 38.8 Å². The van der Waals surface area contributed by atoms with Crippen molar-refractivity contribution in [3.05, 3.63) is 25.3 Å². The Balaban J connectivity index is 3.62. The first-order chi connectivity index (χ1) is 7.72. The highest BCUT2D eigenvalue weighted by molar-refractivity contribution is 4.74. The summed E-state index contributed by atoms with van der Waals surface area (Å²) >= 11 is 0. The molecule has 0 aliphatic rings. The van der Waals surface area contributed by atoms with Gasteiger partial charge < -0.3 is 15.7 Å². The summed E-state index contributed by atoms with van der Waals surface area (Å²) in [4.78, 5) is 0. The molecule has 0 aliphatic heterocycles. The van der Waals surface area contributed by atoms with E-state index in [9.17, 15) is 5.11 Å². The minimum Gasteiger partial charge on any atom is -0.393 e. The Morgan fingerprint density at radius 1 is 1.06 bits per heavy atom. The fourth-order valence-electron chi connectivity index (χ4n) is 1.61. The molecule has 0 aromatic carbocycles. The lowest BCUT2D eigenvalue weighted by Crippen LogP contribution is -2.27. The van der Waals surface area contributed by atoms with Crippen LogP contribution < -0.4 is 10.6 Å². The van der Waals surface area contributed by atoms with Gasteiger partial charge in [0.15, 0.2) is 0 Å². The second kappa shape index (κ2) is 10.9. The summed E-state index contributed by atoms with van der Waals surface area (Å²) in [5.41, 5.74) is 0. The number of hydrogen-bond donors (Lipinski definition) is 3. The average molecular weight is 226 g/mol. The van der Waals surface area contributed by atoms with Crippen LogP contribution >= 0.6 is 0 Å². The molecule has 0 saturated heterocycles. The molecule has 0 spiro atoms. The Bertz CT molecular complexity index is 165. The fourth-order valence-corrected chi connectivity index (χ4v) is 1.61. The number of nitrogens with one attached hydrogen (secondary N) is 2. The molecule has 1 unspecified atom stereocenters. The third-order valence-electron chi connectivity index (χ3n) is 2.64. The van der Waals surface area contributed by atoms with Gasteiger partial charge in [0.2, 0.25) is 0 Å². The predicted octanol–water partition coefficient (Wildman–Crippen LogP) is 1.31. The zero-order valence-corrected chi connectivity index (χ0v) is 10.4. The van der Waals surface area contributed by atoms with E-state index in [4.69, 9.17) is 0 Å². The van der Waals surface area contributed by atoms with Crippen molar-refractivity contribution in [2.75, 3.05) is 26.2 Å². The first-order valence-electron chi connectivity index (χ1n) is 6.03. The normalized spacial score (nSPS) is 12.7. The molecule has 0 rings (SSSR count). The van der Waals surface area contributed by atoms with Crippen molar-refractivity contribution in [2.24, 2.45) is 5.92 Å². The molecule has 0 aromatic rings. The van der Waals surface area contributed by atoms with Crippen LogP contribution in [0.2, 0.25) is 0 Å². The Labute approximate surface area is 99.6 Å². The average Bonchev–Trinajstić information content (AvgIpc) is 2.26. The van der Waals surface area contributed by atoms with E-state index in [-0.39, 0.29) is 6.10 Å². The van der Waals surface area contributed by atoms with Gasteiger partial charge in [0.05, 0.1) is 6.10 Å². The van der Waals surface area contributed by atoms with Crippen LogP contribution in [0.15, 0.2) is 25.3 Å². The molecule has 0 aromatic heterocycles. The van der Waals surface area contributed by atoms with E-state index in [0.29, 0.717) is 5.92 Å². The Morgan fingerprint density at radius 2 is 1.50 bits per heavy atom. The van der Waals surface area contributed by atoms with Crippen molar-refractivity contribution in [3.63, 3.8) is 0 Å². The molecule has 94 valence electrons. The van der Waals surface area contributed by atoms with Crippen LogP contribution in [0.5, 0.6) is 0 Å². The van der Waals surface area contributed by atoms with Gasteiger partial charge in [-0.1, -0.05) is 12.2 Å². The second-order valence-corrected chi connectivity index (χ2v) is 4.06. The lowest BCUT2D eigenvalue weighted by Gasteiger charge is -2.20. The summed E-state index contributed by atoms with van der Waals surface area (Å²) in [5.74, 6) is 0.356. The van der Waals surface area contributed by atoms with Crippen LogP contribution in [0.4, 0.5) is 0 Å². The monoisotopic (exact) mass is 226 g/mol. The van der Waals surface area contributed by atoms with Gasteiger partial charge >= 0.3 is 0 Å². The van der Waals surface area contributed by atoms with Crippen LogP contribution in [-0.2, 0) is 0 Å². The first kappa shape index (κ1) is 15.4. The van der Waals surface area contributed by atoms with Crippen LogP contribution in [0.3, 0.4) is 0 Å². The van der Waals surface area contributed by atoms with E-state index in [1.165, 1.54) is 0 Å². The molecular formula is C13H26N2O. The molecule has 1 atom stereocenters. The molecule has 0 saturated carbocycles. The maximum atomic E-state index is 9.63. The van der Waals surface area contributed by atoms with E-state index in [1.807, 2.05) is 19.1 Å². The highest BCUT2D eigenvalue weighted by atomic mass is 16.3. The maximum absolute atomic E-state index is 9.63. The molecule has 3 N–H and O–H groups in total. The van der Waals surface area contributed by atoms with E-state index in [1.54, 1.807) is 0 Å². The SMILES string of the molecule is C=CCNCCC(CCNCC=C)C(C)O. The summed E-state index contributed by atoms with van der Waals surface area (Å²) in [7, 11) is 0. The largest absolute Gasteiger partial charge is 0.393 e. The van der Waals surface area contributed by atoms with Gasteiger partial charge in [-0.25, -0.2) is 0 Å². The van der Waals surface area contributed by atoms with E-state index in [0.717, 1.165) is 39.0 Å². The van der Waals surface area contributed by atoms with Crippen molar-refractivity contribution in [3.8, 4) is 0 Å². The molecule has 16 heavy (non-hydrogen) atoms. The number of aliphatic hydroxyl groups excluding tert-OH is 1. The van der Waals surface area contributed by atoms with Crippen molar-refractivity contribution < 1.29 is 5.11 Å². The van der Waals surface area contributed by atoms with Crippen LogP contribution in [-0.4, -0.2) is 37.4 Å². The molecule has 3 heteroatoms. The highest BCUT2D eigenvalue weighted by Gasteiger charge is 2.13. The third-order valence-corrected chi connectivity index (χ3v) is 2.64. The quantitative estimate of drug-likeness (QED) is 0.368. The Morgan fingerprint density at radius 3 is 1.81 bits per heavy atom. The first-order valence-corrected chi connectivity index (χ1v) is 6.03. The summed E-state index contributed by atoms with van der Waals surface area (Å²) in [5, 5.41) is 16.1. The summed E-state index contributed by atoms with van der Waals surface area (Å²) in [6.45, 7) is 12.7. The van der Waals surface area contributed by atoms with Crippen LogP contribution in [0.25, 0.3) is 0 Å².